The molecule has 0 aliphatic heterocycles. The first-order chi connectivity index (χ1) is 4.83. The van der Waals surface area contributed by atoms with E-state index >= 15 is 0 Å². The van der Waals surface area contributed by atoms with Gasteiger partial charge in [-0.2, -0.15) is 0 Å². The van der Waals surface area contributed by atoms with Crippen LogP contribution in [0.2, 0.25) is 0 Å². The molecule has 0 aliphatic carbocycles. The minimum Gasteiger partial charge on any atom is -0.337 e. The van der Waals surface area contributed by atoms with E-state index in [0.717, 1.165) is 12.2 Å². The van der Waals surface area contributed by atoms with Crippen molar-refractivity contribution in [3.63, 3.8) is 0 Å². The summed E-state index contributed by atoms with van der Waals surface area (Å²) >= 11 is 0. The van der Waals surface area contributed by atoms with Crippen molar-refractivity contribution in [3.8, 4) is 0 Å². The van der Waals surface area contributed by atoms with Gasteiger partial charge in [0.1, 0.15) is 0 Å². The number of imidazole rings is 1. The van der Waals surface area contributed by atoms with Gasteiger partial charge in [-0.3, -0.25) is 0 Å². The topological polar surface area (TPSA) is 17.8 Å². The highest BCUT2D eigenvalue weighted by Gasteiger charge is 1.85. The molecule has 0 N–H and O–H groups in total. The smallest absolute Gasteiger partial charge is 0.0949 e. The van der Waals surface area contributed by atoms with Gasteiger partial charge in [0.15, 0.2) is 0 Å². The third kappa shape index (κ3) is 2.67. The summed E-state index contributed by atoms with van der Waals surface area (Å²) in [6, 6.07) is 0. The molecule has 0 spiro atoms. The molecule has 0 saturated carbocycles. The average Bonchev–Trinajstić information content (AvgIpc) is 2.40. The fourth-order valence-electron chi connectivity index (χ4n) is 0.645. The van der Waals surface area contributed by atoms with Crippen LogP contribution in [0.4, 0.5) is 0 Å². The minimum absolute atomic E-state index is 1.01. The number of aromatic nitrogens is 2. The molecule has 0 bridgehead atoms. The highest BCUT2D eigenvalue weighted by Crippen LogP contribution is 1.90. The van der Waals surface area contributed by atoms with Gasteiger partial charge in [-0.25, -0.2) is 4.98 Å². The molecule has 0 amide bonds. The summed E-state index contributed by atoms with van der Waals surface area (Å²) in [6.07, 6.45) is 3.87. The molecular weight excluding hydrogens is 124 g/mol. The largest absolute Gasteiger partial charge is 0.337 e. The molecule has 2 nitrogen and oxygen atoms in total. The molecule has 1 heterocycles. The Morgan fingerprint density at radius 1 is 1.50 bits per heavy atom. The van der Waals surface area contributed by atoms with Crippen molar-refractivity contribution in [3.05, 3.63) is 18.2 Å². The second kappa shape index (κ2) is 5.03. The molecular formula is C8H16N2. The van der Waals surface area contributed by atoms with Crippen molar-refractivity contribution >= 4 is 0 Å². The van der Waals surface area contributed by atoms with E-state index in [2.05, 4.69) is 16.5 Å². The molecule has 10 heavy (non-hydrogen) atoms. The summed E-state index contributed by atoms with van der Waals surface area (Å²) in [4.78, 5) is 4.05. The minimum atomic E-state index is 1.01. The van der Waals surface area contributed by atoms with Crippen molar-refractivity contribution in [1.82, 2.24) is 9.55 Å². The zero-order valence-corrected chi connectivity index (χ0v) is 7.26. The summed E-state index contributed by atoms with van der Waals surface area (Å²) in [5.41, 5.74) is 1.09. The predicted molar refractivity (Wildman–Crippen MR) is 44.0 cm³/mol. The molecule has 0 fully saturated rings. The molecule has 1 rings (SSSR count). The fraction of sp³-hybridized carbons (Fsp3) is 0.625. The summed E-state index contributed by atoms with van der Waals surface area (Å²) in [6.45, 7) is 9.11. The lowest BCUT2D eigenvalue weighted by atomic mass is 10.6. The van der Waals surface area contributed by atoms with Crippen molar-refractivity contribution in [2.24, 2.45) is 0 Å². The molecule has 0 aromatic carbocycles. The number of hydrogen-bond donors (Lipinski definition) is 0. The van der Waals surface area contributed by atoms with Crippen LogP contribution in [0, 0.1) is 6.92 Å². The van der Waals surface area contributed by atoms with Crippen LogP contribution in [0.3, 0.4) is 0 Å². The van der Waals surface area contributed by atoms with Crippen LogP contribution in [0.1, 0.15) is 26.5 Å². The summed E-state index contributed by atoms with van der Waals surface area (Å²) in [5, 5.41) is 0. The molecule has 0 saturated heterocycles. The lowest BCUT2D eigenvalue weighted by Crippen LogP contribution is -1.86. The van der Waals surface area contributed by atoms with Crippen LogP contribution in [-0.2, 0) is 6.54 Å². The maximum Gasteiger partial charge on any atom is 0.0949 e. The van der Waals surface area contributed by atoms with Gasteiger partial charge >= 0.3 is 0 Å². The van der Waals surface area contributed by atoms with E-state index in [4.69, 9.17) is 0 Å². The maximum absolute atomic E-state index is 4.05. The first-order valence-corrected chi connectivity index (χ1v) is 3.81. The van der Waals surface area contributed by atoms with E-state index in [1.165, 1.54) is 0 Å². The van der Waals surface area contributed by atoms with Crippen LogP contribution < -0.4 is 0 Å². The van der Waals surface area contributed by atoms with E-state index in [1.807, 2.05) is 33.3 Å². The van der Waals surface area contributed by atoms with Crippen LogP contribution in [0.15, 0.2) is 12.5 Å². The first kappa shape index (κ1) is 9.21. The van der Waals surface area contributed by atoms with Crippen LogP contribution in [-0.4, -0.2) is 9.55 Å². The number of hydrogen-bond acceptors (Lipinski definition) is 1. The Labute approximate surface area is 62.9 Å². The Kier molecular flexibility index (Phi) is 4.63. The number of aryl methyl sites for hydroxylation is 2. The lowest BCUT2D eigenvalue weighted by molar-refractivity contribution is 0.761. The Bertz CT molecular complexity index is 168. The van der Waals surface area contributed by atoms with Gasteiger partial charge in [-0.05, 0) is 13.8 Å². The predicted octanol–water partition coefficient (Wildman–Crippen LogP) is 2.24. The van der Waals surface area contributed by atoms with Crippen LogP contribution in [0.5, 0.6) is 0 Å². The fourth-order valence-corrected chi connectivity index (χ4v) is 0.645. The van der Waals surface area contributed by atoms with Crippen LogP contribution >= 0.6 is 0 Å². The second-order valence-electron chi connectivity index (χ2n) is 1.85. The SMILES string of the molecule is CC.CCn1cnc(C)c1. The van der Waals surface area contributed by atoms with Crippen LogP contribution in [0.25, 0.3) is 0 Å². The molecule has 0 unspecified atom stereocenters. The highest BCUT2D eigenvalue weighted by atomic mass is 15.0. The van der Waals surface area contributed by atoms with Crippen molar-refractivity contribution < 1.29 is 0 Å². The standard InChI is InChI=1S/C6H10N2.C2H6/c1-3-8-4-6(2)7-5-8;1-2/h4-5H,3H2,1-2H3;1-2H3. The Morgan fingerprint density at radius 3 is 2.30 bits per heavy atom. The van der Waals surface area contributed by atoms with E-state index in [0.29, 0.717) is 0 Å². The Balaban J connectivity index is 0.000000371. The monoisotopic (exact) mass is 140 g/mol. The van der Waals surface area contributed by atoms with E-state index in [-0.39, 0.29) is 0 Å². The average molecular weight is 140 g/mol. The Hall–Kier alpha value is -0.790. The van der Waals surface area contributed by atoms with Gasteiger partial charge in [0.05, 0.1) is 12.0 Å². The van der Waals surface area contributed by atoms with Crippen molar-refractivity contribution in [2.75, 3.05) is 0 Å². The van der Waals surface area contributed by atoms with Gasteiger partial charge < -0.3 is 4.57 Å². The van der Waals surface area contributed by atoms with Gasteiger partial charge in [-0.15, -0.1) is 0 Å². The van der Waals surface area contributed by atoms with Gasteiger partial charge in [-0.1, -0.05) is 13.8 Å². The molecule has 1 aromatic heterocycles. The Morgan fingerprint density at radius 2 is 2.10 bits per heavy atom. The van der Waals surface area contributed by atoms with Crippen molar-refractivity contribution in [2.45, 2.75) is 34.2 Å². The lowest BCUT2D eigenvalue weighted by Gasteiger charge is -1.88. The van der Waals surface area contributed by atoms with Gasteiger partial charge in [0.25, 0.3) is 0 Å². The van der Waals surface area contributed by atoms with E-state index in [9.17, 15) is 0 Å². The van der Waals surface area contributed by atoms with E-state index in [1.54, 1.807) is 0 Å². The first-order valence-electron chi connectivity index (χ1n) is 3.81. The number of nitrogens with zero attached hydrogens (tertiary/aromatic N) is 2. The van der Waals surface area contributed by atoms with Gasteiger partial charge in [0, 0.05) is 12.7 Å². The molecule has 1 aromatic rings. The quantitative estimate of drug-likeness (QED) is 0.585. The number of rotatable bonds is 1. The second-order valence-corrected chi connectivity index (χ2v) is 1.85. The third-order valence-electron chi connectivity index (χ3n) is 1.13. The maximum atomic E-state index is 4.05. The van der Waals surface area contributed by atoms with E-state index < -0.39 is 0 Å². The molecule has 58 valence electrons. The summed E-state index contributed by atoms with van der Waals surface area (Å²) in [5.74, 6) is 0. The van der Waals surface area contributed by atoms with Gasteiger partial charge in [0.2, 0.25) is 0 Å². The molecule has 0 atom stereocenters. The normalized spacial score (nSPS) is 8.40. The zero-order valence-electron chi connectivity index (χ0n) is 7.26. The molecule has 0 radical (unpaired) electrons. The molecule has 0 aliphatic rings. The van der Waals surface area contributed by atoms with Crippen molar-refractivity contribution in [1.29, 1.82) is 0 Å². The third-order valence-corrected chi connectivity index (χ3v) is 1.13. The molecule has 2 heteroatoms. The zero-order chi connectivity index (χ0) is 7.98. The highest BCUT2D eigenvalue weighted by molar-refractivity contribution is 4.91. The summed E-state index contributed by atoms with van der Waals surface area (Å²) in [7, 11) is 0. The summed E-state index contributed by atoms with van der Waals surface area (Å²) < 4.78 is 2.05.